The van der Waals surface area contributed by atoms with Gasteiger partial charge in [0.1, 0.15) is 18.8 Å². The molecular formula is C23H26N4O6S. The molecule has 5 rings (SSSR count). The van der Waals surface area contributed by atoms with E-state index in [0.29, 0.717) is 43.4 Å². The van der Waals surface area contributed by atoms with Crippen LogP contribution in [0.4, 0.5) is 4.79 Å². The van der Waals surface area contributed by atoms with E-state index >= 15 is 0 Å². The van der Waals surface area contributed by atoms with E-state index in [1.807, 2.05) is 4.90 Å². The number of nitrogens with one attached hydrogen (secondary N) is 1. The highest BCUT2D eigenvalue weighted by molar-refractivity contribution is 7.89. The Hall–Kier alpha value is -3.15. The lowest BCUT2D eigenvalue weighted by Gasteiger charge is -2.35. The summed E-state index contributed by atoms with van der Waals surface area (Å²) in [5, 5.41) is 2.81. The highest BCUT2D eigenvalue weighted by Gasteiger charge is 2.50. The molecule has 0 radical (unpaired) electrons. The molecule has 0 aromatic heterocycles. The Labute approximate surface area is 198 Å². The van der Waals surface area contributed by atoms with Crippen molar-refractivity contribution in [2.75, 3.05) is 46.1 Å². The Morgan fingerprint density at radius 1 is 0.941 bits per heavy atom. The van der Waals surface area contributed by atoms with E-state index in [-0.39, 0.29) is 30.6 Å². The molecule has 34 heavy (non-hydrogen) atoms. The highest BCUT2D eigenvalue weighted by Crippen LogP contribution is 2.37. The van der Waals surface area contributed by atoms with Crippen LogP contribution in [0.1, 0.15) is 12.5 Å². The van der Waals surface area contributed by atoms with Gasteiger partial charge in [-0.05, 0) is 36.8 Å². The number of hydrogen-bond donors (Lipinski definition) is 1. The number of imide groups is 1. The average molecular weight is 487 g/mol. The lowest BCUT2D eigenvalue weighted by molar-refractivity contribution is -0.132. The quantitative estimate of drug-likeness (QED) is 0.633. The molecule has 0 unspecified atom stereocenters. The molecule has 3 aliphatic rings. The van der Waals surface area contributed by atoms with Crippen molar-refractivity contribution in [3.8, 4) is 11.5 Å². The van der Waals surface area contributed by atoms with Crippen LogP contribution in [0.5, 0.6) is 11.5 Å². The number of nitrogens with zero attached hydrogens (tertiary/aromatic N) is 3. The van der Waals surface area contributed by atoms with Crippen molar-refractivity contribution in [1.29, 1.82) is 0 Å². The Kier molecular flexibility index (Phi) is 5.70. The summed E-state index contributed by atoms with van der Waals surface area (Å²) in [4.78, 5) is 29.4. The zero-order chi connectivity index (χ0) is 23.9. The van der Waals surface area contributed by atoms with Crippen LogP contribution in [0.25, 0.3) is 0 Å². The zero-order valence-corrected chi connectivity index (χ0v) is 19.6. The minimum absolute atomic E-state index is 0.0873. The van der Waals surface area contributed by atoms with Crippen LogP contribution in [0, 0.1) is 0 Å². The molecule has 3 aliphatic heterocycles. The van der Waals surface area contributed by atoms with E-state index in [1.165, 1.54) is 9.21 Å². The summed E-state index contributed by atoms with van der Waals surface area (Å²) in [6, 6.07) is 13.0. The van der Waals surface area contributed by atoms with E-state index in [9.17, 15) is 18.0 Å². The first kappa shape index (κ1) is 22.6. The van der Waals surface area contributed by atoms with Crippen LogP contribution >= 0.6 is 0 Å². The maximum Gasteiger partial charge on any atom is 0.326 e. The maximum absolute atomic E-state index is 13.3. The van der Waals surface area contributed by atoms with E-state index in [0.717, 1.165) is 0 Å². The SMILES string of the molecule is C[C@@]1(c2ccc3c(c2)OCCO3)NC(=O)N(CN2CCN(S(=O)(=O)c3ccccc3)CC2)C1=O. The van der Waals surface area contributed by atoms with Gasteiger partial charge in [-0.3, -0.25) is 9.69 Å². The number of carbonyl (C=O) groups is 2. The number of hydrogen-bond acceptors (Lipinski definition) is 7. The highest BCUT2D eigenvalue weighted by atomic mass is 32.2. The van der Waals surface area contributed by atoms with E-state index in [2.05, 4.69) is 5.32 Å². The van der Waals surface area contributed by atoms with Gasteiger partial charge in [0.15, 0.2) is 11.5 Å². The summed E-state index contributed by atoms with van der Waals surface area (Å²) in [7, 11) is -3.57. The molecule has 2 saturated heterocycles. The molecule has 1 atom stereocenters. The van der Waals surface area contributed by atoms with Gasteiger partial charge in [0.25, 0.3) is 5.91 Å². The van der Waals surface area contributed by atoms with Crippen LogP contribution in [-0.2, 0) is 20.4 Å². The Balaban J connectivity index is 1.25. The monoisotopic (exact) mass is 486 g/mol. The molecule has 10 nitrogen and oxygen atoms in total. The van der Waals surface area contributed by atoms with Crippen LogP contribution in [-0.4, -0.2) is 80.5 Å². The summed E-state index contributed by atoms with van der Waals surface area (Å²) >= 11 is 0. The molecule has 0 spiro atoms. The smallest absolute Gasteiger partial charge is 0.326 e. The average Bonchev–Trinajstić information content (AvgIpc) is 3.08. The summed E-state index contributed by atoms with van der Waals surface area (Å²) in [5.74, 6) is 0.783. The number of carbonyl (C=O) groups excluding carboxylic acids is 2. The van der Waals surface area contributed by atoms with Gasteiger partial charge in [-0.25, -0.2) is 18.1 Å². The number of benzene rings is 2. The zero-order valence-electron chi connectivity index (χ0n) is 18.8. The molecule has 0 saturated carbocycles. The fourth-order valence-electron chi connectivity index (χ4n) is 4.43. The van der Waals surface area contributed by atoms with Gasteiger partial charge in [0, 0.05) is 26.2 Å². The van der Waals surface area contributed by atoms with Gasteiger partial charge in [0.05, 0.1) is 11.6 Å². The molecular weight excluding hydrogens is 460 g/mol. The van der Waals surface area contributed by atoms with Crippen molar-refractivity contribution in [3.63, 3.8) is 0 Å². The standard InChI is InChI=1S/C23H26N4O6S/c1-23(17-7-8-19-20(15-17)33-14-13-32-19)21(28)27(22(29)24-23)16-25-9-11-26(12-10-25)34(30,31)18-5-3-2-4-6-18/h2-8,15H,9-14,16H2,1H3,(H,24,29)/t23-/m0/s1. The molecule has 0 aliphatic carbocycles. The van der Waals surface area contributed by atoms with Gasteiger partial charge in [-0.2, -0.15) is 4.31 Å². The predicted molar refractivity (Wildman–Crippen MR) is 122 cm³/mol. The molecule has 2 aromatic rings. The van der Waals surface area contributed by atoms with Crippen molar-refractivity contribution < 1.29 is 27.5 Å². The second kappa shape index (κ2) is 8.57. The van der Waals surface area contributed by atoms with Gasteiger partial charge >= 0.3 is 6.03 Å². The van der Waals surface area contributed by atoms with Crippen molar-refractivity contribution in [2.45, 2.75) is 17.4 Å². The van der Waals surface area contributed by atoms with E-state index in [1.54, 1.807) is 55.5 Å². The van der Waals surface area contributed by atoms with Crippen molar-refractivity contribution in [2.24, 2.45) is 0 Å². The summed E-state index contributed by atoms with van der Waals surface area (Å²) in [6.07, 6.45) is 0. The number of ether oxygens (including phenoxy) is 2. The third kappa shape index (κ3) is 3.89. The summed E-state index contributed by atoms with van der Waals surface area (Å²) < 4.78 is 38.3. The van der Waals surface area contributed by atoms with Gasteiger partial charge in [0.2, 0.25) is 10.0 Å². The van der Waals surface area contributed by atoms with Gasteiger partial charge < -0.3 is 14.8 Å². The first-order chi connectivity index (χ1) is 16.3. The maximum atomic E-state index is 13.3. The minimum atomic E-state index is -3.57. The van der Waals surface area contributed by atoms with E-state index < -0.39 is 21.6 Å². The number of sulfonamides is 1. The normalized spacial score (nSPS) is 23.7. The third-order valence-electron chi connectivity index (χ3n) is 6.45. The van der Waals surface area contributed by atoms with E-state index in [4.69, 9.17) is 9.47 Å². The Morgan fingerprint density at radius 3 is 2.32 bits per heavy atom. The Bertz CT molecular complexity index is 1210. The lowest BCUT2D eigenvalue weighted by atomic mass is 9.91. The largest absolute Gasteiger partial charge is 0.486 e. The van der Waals surface area contributed by atoms with Crippen LogP contribution in [0.15, 0.2) is 53.4 Å². The lowest BCUT2D eigenvalue weighted by Crippen LogP contribution is -2.52. The first-order valence-electron chi connectivity index (χ1n) is 11.1. The molecule has 2 aromatic carbocycles. The summed E-state index contributed by atoms with van der Waals surface area (Å²) in [5.41, 5.74) is -0.623. The molecule has 3 heterocycles. The number of piperazine rings is 1. The second-order valence-electron chi connectivity index (χ2n) is 8.62. The molecule has 11 heteroatoms. The van der Waals surface area contributed by atoms with Gasteiger partial charge in [-0.1, -0.05) is 24.3 Å². The fraction of sp³-hybridized carbons (Fsp3) is 0.391. The van der Waals surface area contributed by atoms with Crippen molar-refractivity contribution >= 4 is 22.0 Å². The number of rotatable bonds is 5. The first-order valence-corrected chi connectivity index (χ1v) is 12.5. The molecule has 1 N–H and O–H groups in total. The second-order valence-corrected chi connectivity index (χ2v) is 10.6. The van der Waals surface area contributed by atoms with Crippen LogP contribution in [0.2, 0.25) is 0 Å². The van der Waals surface area contributed by atoms with Crippen LogP contribution in [0.3, 0.4) is 0 Å². The van der Waals surface area contributed by atoms with Crippen molar-refractivity contribution in [1.82, 2.24) is 19.4 Å². The minimum Gasteiger partial charge on any atom is -0.486 e. The summed E-state index contributed by atoms with van der Waals surface area (Å²) in [6.45, 7) is 4.01. The fourth-order valence-corrected chi connectivity index (χ4v) is 5.87. The number of fused-ring (bicyclic) bond motifs is 1. The van der Waals surface area contributed by atoms with Gasteiger partial charge in [-0.15, -0.1) is 0 Å². The molecule has 2 fully saturated rings. The number of amides is 3. The topological polar surface area (TPSA) is 108 Å². The molecule has 0 bridgehead atoms. The van der Waals surface area contributed by atoms with Crippen molar-refractivity contribution in [3.05, 3.63) is 54.1 Å². The molecule has 3 amide bonds. The number of urea groups is 1. The Morgan fingerprint density at radius 2 is 1.62 bits per heavy atom. The predicted octanol–water partition coefficient (Wildman–Crippen LogP) is 1.19. The van der Waals surface area contributed by atoms with Crippen LogP contribution < -0.4 is 14.8 Å². The molecule has 180 valence electrons. The third-order valence-corrected chi connectivity index (χ3v) is 8.36.